The zero-order valence-electron chi connectivity index (χ0n) is 14.5. The minimum atomic E-state index is -1.06. The molecule has 140 valence electrons. The van der Waals surface area contributed by atoms with Crippen molar-refractivity contribution in [3.63, 3.8) is 0 Å². The van der Waals surface area contributed by atoms with Crippen molar-refractivity contribution in [3.05, 3.63) is 34.4 Å². The first-order valence-corrected chi connectivity index (χ1v) is 8.48. The monoisotopic (exact) mass is 362 g/mol. The van der Waals surface area contributed by atoms with Gasteiger partial charge in [-0.3, -0.25) is 0 Å². The van der Waals surface area contributed by atoms with Crippen molar-refractivity contribution in [1.82, 2.24) is 0 Å². The molecule has 0 fully saturated rings. The third-order valence-electron chi connectivity index (χ3n) is 4.83. The summed E-state index contributed by atoms with van der Waals surface area (Å²) in [6, 6.07) is 2.39. The summed E-state index contributed by atoms with van der Waals surface area (Å²) in [4.78, 5) is 0. The molecule has 1 aliphatic rings. The Hall–Kier alpha value is -2.80. The molecular formula is C19H22O7. The minimum absolute atomic E-state index is 0.0298. The van der Waals surface area contributed by atoms with E-state index >= 15 is 0 Å². The highest BCUT2D eigenvalue weighted by molar-refractivity contribution is 5.63. The van der Waals surface area contributed by atoms with Crippen LogP contribution < -0.4 is 4.74 Å². The highest BCUT2D eigenvalue weighted by Crippen LogP contribution is 2.49. The maximum absolute atomic E-state index is 10.5. The van der Waals surface area contributed by atoms with Crippen LogP contribution in [0.2, 0.25) is 0 Å². The van der Waals surface area contributed by atoms with Crippen LogP contribution in [0.4, 0.5) is 0 Å². The molecule has 26 heavy (non-hydrogen) atoms. The lowest BCUT2D eigenvalue weighted by atomic mass is 9.89. The second-order valence-electron chi connectivity index (χ2n) is 6.39. The number of hydrogen-bond donors (Lipinski definition) is 6. The SMILES string of the molecule is CCc1c(O)c(CC)c2c(c1O)C[C@@H](O)[C@@H](c1cc(O)c(O)c(O)c1)O2. The average Bonchev–Trinajstić information content (AvgIpc) is 2.60. The van der Waals surface area contributed by atoms with Gasteiger partial charge in [-0.15, -0.1) is 0 Å². The van der Waals surface area contributed by atoms with E-state index in [1.54, 1.807) is 0 Å². The molecule has 2 aromatic rings. The number of phenols is 5. The smallest absolute Gasteiger partial charge is 0.200 e. The van der Waals surface area contributed by atoms with Gasteiger partial charge in [0.15, 0.2) is 23.4 Å². The molecule has 0 aromatic heterocycles. The summed E-state index contributed by atoms with van der Waals surface area (Å²) in [5.74, 6) is -1.56. The Morgan fingerprint density at radius 1 is 0.885 bits per heavy atom. The summed E-state index contributed by atoms with van der Waals surface area (Å²) in [5, 5.41) is 60.4. The molecular weight excluding hydrogens is 340 g/mol. The average molecular weight is 362 g/mol. The van der Waals surface area contributed by atoms with Crippen molar-refractivity contribution in [2.24, 2.45) is 0 Å². The highest BCUT2D eigenvalue weighted by atomic mass is 16.5. The molecule has 7 nitrogen and oxygen atoms in total. The zero-order valence-corrected chi connectivity index (χ0v) is 14.5. The second kappa shape index (κ2) is 6.49. The van der Waals surface area contributed by atoms with E-state index in [1.807, 2.05) is 13.8 Å². The minimum Gasteiger partial charge on any atom is -0.507 e. The molecule has 0 saturated carbocycles. The molecule has 0 spiro atoms. The summed E-state index contributed by atoms with van der Waals surface area (Å²) in [6.45, 7) is 3.65. The van der Waals surface area contributed by atoms with E-state index in [0.29, 0.717) is 35.3 Å². The maximum atomic E-state index is 10.5. The summed E-state index contributed by atoms with van der Waals surface area (Å²) in [6.07, 6.45) is -1.05. The molecule has 0 radical (unpaired) electrons. The van der Waals surface area contributed by atoms with E-state index < -0.39 is 29.5 Å². The normalized spacial score (nSPS) is 19.0. The molecule has 6 N–H and O–H groups in total. The Balaban J connectivity index is 2.13. The van der Waals surface area contributed by atoms with Crippen LogP contribution in [0.25, 0.3) is 0 Å². The number of benzene rings is 2. The van der Waals surface area contributed by atoms with Crippen LogP contribution in [0.5, 0.6) is 34.5 Å². The van der Waals surface area contributed by atoms with Crippen LogP contribution in [0.1, 0.15) is 42.2 Å². The molecule has 1 heterocycles. The second-order valence-corrected chi connectivity index (χ2v) is 6.39. The largest absolute Gasteiger partial charge is 0.507 e. The molecule has 0 saturated heterocycles. The highest BCUT2D eigenvalue weighted by Gasteiger charge is 2.36. The Kier molecular flexibility index (Phi) is 4.50. The van der Waals surface area contributed by atoms with E-state index in [4.69, 9.17) is 4.74 Å². The van der Waals surface area contributed by atoms with Crippen LogP contribution >= 0.6 is 0 Å². The fraction of sp³-hybridized carbons (Fsp3) is 0.368. The third-order valence-corrected chi connectivity index (χ3v) is 4.83. The van der Waals surface area contributed by atoms with Crippen LogP contribution in [-0.4, -0.2) is 36.7 Å². The predicted molar refractivity (Wildman–Crippen MR) is 93.0 cm³/mol. The van der Waals surface area contributed by atoms with Gasteiger partial charge in [0.1, 0.15) is 17.2 Å². The van der Waals surface area contributed by atoms with Crippen molar-refractivity contribution < 1.29 is 35.4 Å². The van der Waals surface area contributed by atoms with E-state index in [1.165, 1.54) is 12.1 Å². The molecule has 0 aliphatic carbocycles. The number of aliphatic hydroxyl groups is 1. The van der Waals surface area contributed by atoms with E-state index in [9.17, 15) is 30.6 Å². The molecule has 0 amide bonds. The van der Waals surface area contributed by atoms with Gasteiger partial charge in [-0.05, 0) is 25.0 Å². The Morgan fingerprint density at radius 2 is 1.46 bits per heavy atom. The first kappa shape index (κ1) is 18.0. The molecule has 0 bridgehead atoms. The van der Waals surface area contributed by atoms with E-state index in [2.05, 4.69) is 0 Å². The fourth-order valence-corrected chi connectivity index (χ4v) is 3.47. The van der Waals surface area contributed by atoms with E-state index in [-0.39, 0.29) is 23.5 Å². The molecule has 2 atom stereocenters. The van der Waals surface area contributed by atoms with Gasteiger partial charge in [0.25, 0.3) is 0 Å². The maximum Gasteiger partial charge on any atom is 0.200 e. The number of aliphatic hydroxyl groups excluding tert-OH is 1. The van der Waals surface area contributed by atoms with Crippen molar-refractivity contribution in [2.45, 2.75) is 45.3 Å². The lowest BCUT2D eigenvalue weighted by Crippen LogP contribution is -2.31. The zero-order chi connectivity index (χ0) is 19.2. The Morgan fingerprint density at radius 3 is 2.00 bits per heavy atom. The number of aromatic hydroxyl groups is 5. The van der Waals surface area contributed by atoms with Crippen molar-refractivity contribution >= 4 is 0 Å². The molecule has 0 unspecified atom stereocenters. The lowest BCUT2D eigenvalue weighted by Gasteiger charge is -2.33. The van der Waals surface area contributed by atoms with Crippen LogP contribution in [0, 0.1) is 0 Å². The first-order chi connectivity index (χ1) is 12.3. The quantitative estimate of drug-likeness (QED) is 0.462. The molecule has 7 heteroatoms. The van der Waals surface area contributed by atoms with Crippen molar-refractivity contribution in [2.75, 3.05) is 0 Å². The van der Waals surface area contributed by atoms with Crippen LogP contribution in [0.3, 0.4) is 0 Å². The third kappa shape index (κ3) is 2.64. The lowest BCUT2D eigenvalue weighted by molar-refractivity contribution is 0.0188. The molecule has 1 aliphatic heterocycles. The number of rotatable bonds is 3. The van der Waals surface area contributed by atoms with Gasteiger partial charge in [-0.2, -0.15) is 0 Å². The summed E-state index contributed by atoms with van der Waals surface area (Å²) in [7, 11) is 0. The summed E-state index contributed by atoms with van der Waals surface area (Å²) < 4.78 is 5.89. The van der Waals surface area contributed by atoms with Crippen molar-refractivity contribution in [3.8, 4) is 34.5 Å². The van der Waals surface area contributed by atoms with Gasteiger partial charge in [-0.25, -0.2) is 0 Å². The fourth-order valence-electron chi connectivity index (χ4n) is 3.47. The van der Waals surface area contributed by atoms with E-state index in [0.717, 1.165) is 0 Å². The Bertz CT molecular complexity index is 837. The van der Waals surface area contributed by atoms with Gasteiger partial charge in [-0.1, -0.05) is 13.8 Å². The Labute approximate surface area is 150 Å². The van der Waals surface area contributed by atoms with Crippen molar-refractivity contribution in [1.29, 1.82) is 0 Å². The van der Waals surface area contributed by atoms with Gasteiger partial charge in [0.05, 0.1) is 6.10 Å². The van der Waals surface area contributed by atoms with Gasteiger partial charge in [0, 0.05) is 28.7 Å². The summed E-state index contributed by atoms with van der Waals surface area (Å²) >= 11 is 0. The number of fused-ring (bicyclic) bond motifs is 1. The number of phenolic OH excluding ortho intramolecular Hbond substituents is 5. The van der Waals surface area contributed by atoms with Crippen LogP contribution in [-0.2, 0) is 19.3 Å². The first-order valence-electron chi connectivity index (χ1n) is 8.48. The molecule has 2 aromatic carbocycles. The summed E-state index contributed by atoms with van der Waals surface area (Å²) in [5.41, 5.74) is 1.62. The standard InChI is InChI=1S/C19H22O7/c1-3-9-15(23)10(4-2)19-11(16(9)24)7-14(22)18(26-19)8-5-12(20)17(25)13(21)6-8/h5-6,14,18,20-25H,3-4,7H2,1-2H3/t14-,18-/m1/s1. The van der Waals surface area contributed by atoms with Gasteiger partial charge >= 0.3 is 0 Å². The number of ether oxygens (including phenoxy) is 1. The molecule has 3 rings (SSSR count). The van der Waals surface area contributed by atoms with Gasteiger partial charge in [0.2, 0.25) is 0 Å². The number of hydrogen-bond acceptors (Lipinski definition) is 7. The van der Waals surface area contributed by atoms with Gasteiger partial charge < -0.3 is 35.4 Å². The predicted octanol–water partition coefficient (Wildman–Crippen LogP) is 2.38. The topological polar surface area (TPSA) is 131 Å². The van der Waals surface area contributed by atoms with Crippen LogP contribution in [0.15, 0.2) is 12.1 Å².